The summed E-state index contributed by atoms with van der Waals surface area (Å²) in [5.74, 6) is 1.13. The quantitative estimate of drug-likeness (QED) is 0.875. The lowest BCUT2D eigenvalue weighted by molar-refractivity contribution is 0.296. The Morgan fingerprint density at radius 2 is 2.18 bits per heavy atom. The lowest BCUT2D eigenvalue weighted by Crippen LogP contribution is -2.43. The summed E-state index contributed by atoms with van der Waals surface area (Å²) in [6.45, 7) is 1.97. The van der Waals surface area contributed by atoms with Crippen molar-refractivity contribution < 1.29 is 8.91 Å². The predicted octanol–water partition coefficient (Wildman–Crippen LogP) is 1.64. The van der Waals surface area contributed by atoms with Crippen LogP contribution in [0.3, 0.4) is 0 Å². The van der Waals surface area contributed by atoms with Gasteiger partial charge in [0, 0.05) is 6.42 Å². The molecule has 0 aliphatic carbocycles. The van der Waals surface area contributed by atoms with E-state index in [-0.39, 0.29) is 5.82 Å². The Kier molecular flexibility index (Phi) is 2.60. The van der Waals surface area contributed by atoms with Crippen molar-refractivity contribution in [2.75, 3.05) is 13.1 Å². The molecule has 0 saturated carbocycles. The summed E-state index contributed by atoms with van der Waals surface area (Å²) >= 11 is 0. The highest BCUT2D eigenvalue weighted by Gasteiger charge is 2.21. The highest BCUT2D eigenvalue weighted by molar-refractivity contribution is 5.54. The molecule has 4 nitrogen and oxygen atoms in total. The van der Waals surface area contributed by atoms with Gasteiger partial charge < -0.3 is 9.84 Å². The van der Waals surface area contributed by atoms with Crippen molar-refractivity contribution in [1.29, 1.82) is 0 Å². The second kappa shape index (κ2) is 4.25. The zero-order valence-electron chi connectivity index (χ0n) is 9.19. The molecular formula is C12H12FN3O. The smallest absolute Gasteiger partial charge is 0.227 e. The van der Waals surface area contributed by atoms with Gasteiger partial charge in [0.1, 0.15) is 5.82 Å². The molecule has 0 atom stereocenters. The predicted molar refractivity (Wildman–Crippen MR) is 59.8 cm³/mol. The van der Waals surface area contributed by atoms with Crippen LogP contribution in [0.25, 0.3) is 11.4 Å². The van der Waals surface area contributed by atoms with Crippen molar-refractivity contribution in [3.63, 3.8) is 0 Å². The molecule has 1 aliphatic rings. The topological polar surface area (TPSA) is 51.0 Å². The Bertz CT molecular complexity index is 522. The van der Waals surface area contributed by atoms with Crippen LogP contribution in [0.4, 0.5) is 4.39 Å². The van der Waals surface area contributed by atoms with Gasteiger partial charge >= 0.3 is 0 Å². The zero-order chi connectivity index (χ0) is 11.7. The average Bonchev–Trinajstić information content (AvgIpc) is 2.73. The van der Waals surface area contributed by atoms with E-state index in [9.17, 15) is 4.39 Å². The van der Waals surface area contributed by atoms with Crippen LogP contribution in [-0.2, 0) is 6.42 Å². The van der Waals surface area contributed by atoms with E-state index in [0.29, 0.717) is 23.2 Å². The first-order valence-electron chi connectivity index (χ1n) is 5.61. The van der Waals surface area contributed by atoms with E-state index < -0.39 is 0 Å². The normalized spacial score (nSPS) is 15.8. The van der Waals surface area contributed by atoms with Gasteiger partial charge in [-0.15, -0.1) is 0 Å². The number of aromatic nitrogens is 2. The highest BCUT2D eigenvalue weighted by atomic mass is 19.1. The third kappa shape index (κ3) is 2.06. The molecule has 17 heavy (non-hydrogen) atoms. The minimum atomic E-state index is -0.329. The molecule has 0 amide bonds. The monoisotopic (exact) mass is 233 g/mol. The van der Waals surface area contributed by atoms with E-state index in [1.807, 2.05) is 0 Å². The highest BCUT2D eigenvalue weighted by Crippen LogP contribution is 2.20. The van der Waals surface area contributed by atoms with Gasteiger partial charge in [0.05, 0.1) is 5.56 Å². The summed E-state index contributed by atoms with van der Waals surface area (Å²) in [5.41, 5.74) is 0.384. The third-order valence-electron chi connectivity index (χ3n) is 2.91. The van der Waals surface area contributed by atoms with Crippen LogP contribution in [0.5, 0.6) is 0 Å². The van der Waals surface area contributed by atoms with Crippen molar-refractivity contribution >= 4 is 0 Å². The van der Waals surface area contributed by atoms with Crippen LogP contribution in [-0.4, -0.2) is 23.2 Å². The molecule has 0 unspecified atom stereocenters. The summed E-state index contributed by atoms with van der Waals surface area (Å²) < 4.78 is 18.6. The number of benzene rings is 1. The zero-order valence-corrected chi connectivity index (χ0v) is 9.19. The van der Waals surface area contributed by atoms with Gasteiger partial charge in [0.15, 0.2) is 0 Å². The first-order valence-corrected chi connectivity index (χ1v) is 5.61. The molecule has 1 aromatic carbocycles. The van der Waals surface area contributed by atoms with Crippen molar-refractivity contribution in [2.45, 2.75) is 6.42 Å². The van der Waals surface area contributed by atoms with Crippen LogP contribution in [0, 0.1) is 11.7 Å². The number of hydrogen-bond donors (Lipinski definition) is 1. The van der Waals surface area contributed by atoms with E-state index >= 15 is 0 Å². The molecule has 0 spiro atoms. The Labute approximate surface area is 97.8 Å². The average molecular weight is 233 g/mol. The summed E-state index contributed by atoms with van der Waals surface area (Å²) in [6, 6.07) is 6.43. The van der Waals surface area contributed by atoms with Crippen molar-refractivity contribution in [3.8, 4) is 11.4 Å². The van der Waals surface area contributed by atoms with Crippen LogP contribution in [0.1, 0.15) is 5.89 Å². The molecule has 0 bridgehead atoms. The van der Waals surface area contributed by atoms with Crippen LogP contribution in [0.2, 0.25) is 0 Å². The molecular weight excluding hydrogens is 221 g/mol. The van der Waals surface area contributed by atoms with Gasteiger partial charge in [0.25, 0.3) is 0 Å². The molecule has 2 heterocycles. The second-order valence-electron chi connectivity index (χ2n) is 4.22. The molecule has 3 rings (SSSR count). The summed E-state index contributed by atoms with van der Waals surface area (Å²) in [5, 5.41) is 6.99. The first kappa shape index (κ1) is 10.4. The van der Waals surface area contributed by atoms with E-state index in [0.717, 1.165) is 19.5 Å². The van der Waals surface area contributed by atoms with Crippen molar-refractivity contribution in [2.24, 2.45) is 5.92 Å². The summed E-state index contributed by atoms with van der Waals surface area (Å²) in [4.78, 5) is 4.22. The van der Waals surface area contributed by atoms with E-state index in [4.69, 9.17) is 4.52 Å². The Hall–Kier alpha value is -1.75. The second-order valence-corrected chi connectivity index (χ2v) is 4.22. The standard InChI is InChI=1S/C12H12FN3O/c13-10-4-2-1-3-9(10)12-15-11(17-16-12)5-8-6-14-7-8/h1-4,8,14H,5-7H2. The largest absolute Gasteiger partial charge is 0.339 e. The molecule has 88 valence electrons. The van der Waals surface area contributed by atoms with E-state index in [1.54, 1.807) is 18.2 Å². The Morgan fingerprint density at radius 1 is 1.35 bits per heavy atom. The van der Waals surface area contributed by atoms with Gasteiger partial charge in [-0.2, -0.15) is 4.98 Å². The van der Waals surface area contributed by atoms with Gasteiger partial charge in [0.2, 0.25) is 11.7 Å². The first-order chi connectivity index (χ1) is 8.33. The Morgan fingerprint density at radius 3 is 2.88 bits per heavy atom. The minimum absolute atomic E-state index is 0.324. The number of hydrogen-bond acceptors (Lipinski definition) is 4. The molecule has 5 heteroatoms. The number of nitrogens with one attached hydrogen (secondary N) is 1. The van der Waals surface area contributed by atoms with Crippen LogP contribution >= 0.6 is 0 Å². The molecule has 2 aromatic rings. The lowest BCUT2D eigenvalue weighted by atomic mass is 10.00. The van der Waals surface area contributed by atoms with E-state index in [2.05, 4.69) is 15.5 Å². The van der Waals surface area contributed by atoms with Gasteiger partial charge in [-0.05, 0) is 31.1 Å². The number of halogens is 1. The van der Waals surface area contributed by atoms with Crippen LogP contribution < -0.4 is 5.32 Å². The fourth-order valence-corrected chi connectivity index (χ4v) is 1.83. The number of nitrogens with zero attached hydrogens (tertiary/aromatic N) is 2. The fraction of sp³-hybridized carbons (Fsp3) is 0.333. The minimum Gasteiger partial charge on any atom is -0.339 e. The summed E-state index contributed by atoms with van der Waals surface area (Å²) in [6.07, 6.45) is 0.758. The molecule has 0 radical (unpaired) electrons. The molecule has 1 fully saturated rings. The molecule has 1 aromatic heterocycles. The molecule has 1 aliphatic heterocycles. The Balaban J connectivity index is 1.82. The van der Waals surface area contributed by atoms with E-state index in [1.165, 1.54) is 6.07 Å². The number of rotatable bonds is 3. The van der Waals surface area contributed by atoms with Crippen molar-refractivity contribution in [1.82, 2.24) is 15.5 Å². The fourth-order valence-electron chi connectivity index (χ4n) is 1.83. The van der Waals surface area contributed by atoms with Crippen molar-refractivity contribution in [3.05, 3.63) is 36.0 Å². The van der Waals surface area contributed by atoms with Gasteiger partial charge in [-0.25, -0.2) is 4.39 Å². The van der Waals surface area contributed by atoms with Gasteiger partial charge in [-0.3, -0.25) is 0 Å². The maximum Gasteiger partial charge on any atom is 0.227 e. The third-order valence-corrected chi connectivity index (χ3v) is 2.91. The SMILES string of the molecule is Fc1ccccc1-c1noc(CC2CNC2)n1. The molecule has 1 N–H and O–H groups in total. The van der Waals surface area contributed by atoms with Crippen LogP contribution in [0.15, 0.2) is 28.8 Å². The maximum atomic E-state index is 13.5. The van der Waals surface area contributed by atoms with Gasteiger partial charge in [-0.1, -0.05) is 17.3 Å². The lowest BCUT2D eigenvalue weighted by Gasteiger charge is -2.25. The molecule has 1 saturated heterocycles. The maximum absolute atomic E-state index is 13.5. The summed E-state index contributed by atoms with van der Waals surface area (Å²) in [7, 11) is 0.